The molecule has 3 atom stereocenters. The molecular weight excluding hydrogens is 271 g/mol. The van der Waals surface area contributed by atoms with Gasteiger partial charge >= 0.3 is 0 Å². The smallest absolute Gasteiger partial charge is 0.220 e. The van der Waals surface area contributed by atoms with Gasteiger partial charge in [0, 0.05) is 36.8 Å². The number of fused-ring (bicyclic) bond motifs is 1. The minimum Gasteiger partial charge on any atom is -0.389 e. The van der Waals surface area contributed by atoms with Crippen LogP contribution in [0.3, 0.4) is 0 Å². The quantitative estimate of drug-likeness (QED) is 0.876. The summed E-state index contributed by atoms with van der Waals surface area (Å²) in [6.45, 7) is 3.16. The van der Waals surface area contributed by atoms with Crippen molar-refractivity contribution in [3.63, 3.8) is 0 Å². The topological polar surface area (TPSA) is 52.6 Å². The first-order valence-electron chi connectivity index (χ1n) is 7.57. The largest absolute Gasteiger partial charge is 0.389 e. The summed E-state index contributed by atoms with van der Waals surface area (Å²) in [4.78, 5) is 13.6. The zero-order valence-electron chi connectivity index (χ0n) is 12.2. The number of halogens is 1. The van der Waals surface area contributed by atoms with E-state index in [1.165, 1.54) is 6.07 Å². The molecule has 0 saturated carbocycles. The highest BCUT2D eigenvalue weighted by Crippen LogP contribution is 2.34. The molecule has 2 aliphatic heterocycles. The van der Waals surface area contributed by atoms with Crippen LogP contribution in [-0.2, 0) is 4.79 Å². The number of piperidine rings is 2. The van der Waals surface area contributed by atoms with Crippen LogP contribution in [0.1, 0.15) is 37.9 Å². The van der Waals surface area contributed by atoms with E-state index >= 15 is 0 Å². The first kappa shape index (κ1) is 14.3. The Balaban J connectivity index is 1.83. The minimum atomic E-state index is -0.829. The molecule has 0 bridgehead atoms. The highest BCUT2D eigenvalue weighted by molar-refractivity contribution is 5.77. The molecule has 2 heterocycles. The third-order valence-electron chi connectivity index (χ3n) is 4.61. The molecule has 2 saturated heterocycles. The molecule has 0 spiro atoms. The van der Waals surface area contributed by atoms with Crippen molar-refractivity contribution in [3.05, 3.63) is 29.6 Å². The van der Waals surface area contributed by atoms with Crippen LogP contribution < -0.4 is 10.2 Å². The van der Waals surface area contributed by atoms with Crippen molar-refractivity contribution in [3.8, 4) is 0 Å². The third-order valence-corrected chi connectivity index (χ3v) is 4.61. The summed E-state index contributed by atoms with van der Waals surface area (Å²) in [5.74, 6) is 0.184. The van der Waals surface area contributed by atoms with Gasteiger partial charge in [-0.1, -0.05) is 6.07 Å². The Kier molecular flexibility index (Phi) is 3.85. The van der Waals surface area contributed by atoms with Crippen LogP contribution in [0.4, 0.5) is 10.1 Å². The van der Waals surface area contributed by atoms with Gasteiger partial charge in [-0.15, -0.1) is 0 Å². The molecule has 5 heteroatoms. The maximum atomic E-state index is 14.0. The predicted molar refractivity (Wildman–Crippen MR) is 78.5 cm³/mol. The normalized spacial score (nSPS) is 27.0. The lowest BCUT2D eigenvalue weighted by molar-refractivity contribution is -0.124. The van der Waals surface area contributed by atoms with E-state index < -0.39 is 6.10 Å². The minimum absolute atomic E-state index is 0.139. The van der Waals surface area contributed by atoms with Gasteiger partial charge in [-0.3, -0.25) is 4.79 Å². The Hall–Kier alpha value is -1.62. The molecular formula is C16H21FN2O2. The van der Waals surface area contributed by atoms with Crippen LogP contribution in [0.5, 0.6) is 0 Å². The van der Waals surface area contributed by atoms with Gasteiger partial charge < -0.3 is 15.3 Å². The number of amides is 1. The molecule has 3 rings (SSSR count). The molecule has 1 aromatic carbocycles. The van der Waals surface area contributed by atoms with Gasteiger partial charge in [-0.2, -0.15) is 0 Å². The molecule has 2 N–H and O–H groups in total. The van der Waals surface area contributed by atoms with Crippen LogP contribution in [0.25, 0.3) is 0 Å². The highest BCUT2D eigenvalue weighted by atomic mass is 19.1. The van der Waals surface area contributed by atoms with Gasteiger partial charge in [-0.25, -0.2) is 4.39 Å². The number of anilines is 1. The second kappa shape index (κ2) is 5.64. The maximum absolute atomic E-state index is 14.0. The number of nitrogens with zero attached hydrogens (tertiary/aromatic N) is 1. The van der Waals surface area contributed by atoms with Crippen molar-refractivity contribution < 1.29 is 14.3 Å². The van der Waals surface area contributed by atoms with E-state index in [0.717, 1.165) is 31.6 Å². The predicted octanol–water partition coefficient (Wildman–Crippen LogP) is 1.98. The number of aliphatic hydroxyl groups excluding tert-OH is 1. The number of hydrogen-bond acceptors (Lipinski definition) is 3. The lowest BCUT2D eigenvalue weighted by Gasteiger charge is -2.43. The van der Waals surface area contributed by atoms with Crippen LogP contribution in [0.2, 0.25) is 0 Å². The van der Waals surface area contributed by atoms with Gasteiger partial charge in [-0.05, 0) is 37.8 Å². The van der Waals surface area contributed by atoms with E-state index in [4.69, 9.17) is 0 Å². The molecule has 3 unspecified atom stereocenters. The third kappa shape index (κ3) is 2.75. The average molecular weight is 292 g/mol. The van der Waals surface area contributed by atoms with E-state index in [2.05, 4.69) is 10.2 Å². The maximum Gasteiger partial charge on any atom is 0.220 e. The summed E-state index contributed by atoms with van der Waals surface area (Å²) in [5.41, 5.74) is 1.15. The summed E-state index contributed by atoms with van der Waals surface area (Å²) in [5, 5.41) is 12.9. The van der Waals surface area contributed by atoms with E-state index in [0.29, 0.717) is 17.9 Å². The molecule has 1 aromatic rings. The molecule has 0 radical (unpaired) electrons. The zero-order chi connectivity index (χ0) is 15.0. The molecule has 4 nitrogen and oxygen atoms in total. The fourth-order valence-corrected chi connectivity index (χ4v) is 3.54. The van der Waals surface area contributed by atoms with Crippen molar-refractivity contribution in [1.29, 1.82) is 0 Å². The number of carbonyl (C=O) groups excluding carboxylic acids is 1. The number of rotatable bonds is 2. The van der Waals surface area contributed by atoms with Crippen molar-refractivity contribution in [1.82, 2.24) is 5.32 Å². The first-order chi connectivity index (χ1) is 10.1. The molecule has 21 heavy (non-hydrogen) atoms. The Labute approximate surface area is 124 Å². The van der Waals surface area contributed by atoms with Gasteiger partial charge in [0.1, 0.15) is 5.82 Å². The van der Waals surface area contributed by atoms with Crippen molar-refractivity contribution in [2.45, 2.75) is 38.3 Å². The number of benzene rings is 1. The van der Waals surface area contributed by atoms with Crippen LogP contribution in [-0.4, -0.2) is 30.1 Å². The standard InChI is InChI=1S/C16H21FN2O2/c1-10(20)16-12(17)3-2-4-14(16)19-8-7-13-11(9-19)5-6-15(21)18-13/h2-4,10-11,13,20H,5-9H2,1H3,(H,18,21). The monoisotopic (exact) mass is 292 g/mol. The lowest BCUT2D eigenvalue weighted by Crippen LogP contribution is -2.54. The van der Waals surface area contributed by atoms with Crippen LogP contribution in [0.15, 0.2) is 18.2 Å². The Morgan fingerprint density at radius 3 is 3.00 bits per heavy atom. The summed E-state index contributed by atoms with van der Waals surface area (Å²) in [7, 11) is 0. The highest BCUT2D eigenvalue weighted by Gasteiger charge is 2.34. The summed E-state index contributed by atoms with van der Waals surface area (Å²) in [6, 6.07) is 5.18. The van der Waals surface area contributed by atoms with E-state index in [1.807, 2.05) is 6.07 Å². The Morgan fingerprint density at radius 1 is 1.43 bits per heavy atom. The SMILES string of the molecule is CC(O)c1c(F)cccc1N1CCC2NC(=O)CCC2C1. The molecule has 0 aromatic heterocycles. The van der Waals surface area contributed by atoms with Crippen LogP contribution in [0, 0.1) is 11.7 Å². The van der Waals surface area contributed by atoms with Gasteiger partial charge in [0.15, 0.2) is 0 Å². The van der Waals surface area contributed by atoms with Crippen molar-refractivity contribution in [2.75, 3.05) is 18.0 Å². The summed E-state index contributed by atoms with van der Waals surface area (Å²) in [6.07, 6.45) is 1.49. The van der Waals surface area contributed by atoms with E-state index in [9.17, 15) is 14.3 Å². The molecule has 2 fully saturated rings. The first-order valence-corrected chi connectivity index (χ1v) is 7.57. The van der Waals surface area contributed by atoms with Crippen molar-refractivity contribution >= 4 is 11.6 Å². The average Bonchev–Trinajstić information content (AvgIpc) is 2.46. The van der Waals surface area contributed by atoms with Gasteiger partial charge in [0.2, 0.25) is 5.91 Å². The fraction of sp³-hybridized carbons (Fsp3) is 0.562. The van der Waals surface area contributed by atoms with E-state index in [1.54, 1.807) is 13.0 Å². The van der Waals surface area contributed by atoms with Gasteiger partial charge in [0.25, 0.3) is 0 Å². The Bertz CT molecular complexity index is 547. The number of carbonyl (C=O) groups is 1. The van der Waals surface area contributed by atoms with Crippen molar-refractivity contribution in [2.24, 2.45) is 5.92 Å². The van der Waals surface area contributed by atoms with Crippen LogP contribution >= 0.6 is 0 Å². The fourth-order valence-electron chi connectivity index (χ4n) is 3.54. The number of aliphatic hydroxyl groups is 1. The molecule has 114 valence electrons. The Morgan fingerprint density at radius 2 is 2.24 bits per heavy atom. The second-order valence-corrected chi connectivity index (χ2v) is 6.06. The molecule has 2 aliphatic rings. The number of nitrogens with one attached hydrogen (secondary N) is 1. The van der Waals surface area contributed by atoms with E-state index in [-0.39, 0.29) is 17.8 Å². The zero-order valence-corrected chi connectivity index (χ0v) is 12.2. The second-order valence-electron chi connectivity index (χ2n) is 6.06. The summed E-state index contributed by atoms with van der Waals surface area (Å²) >= 11 is 0. The van der Waals surface area contributed by atoms with Gasteiger partial charge in [0.05, 0.1) is 6.10 Å². The lowest BCUT2D eigenvalue weighted by atomic mass is 9.84. The molecule has 0 aliphatic carbocycles. The molecule has 1 amide bonds. The summed E-state index contributed by atoms with van der Waals surface area (Å²) < 4.78 is 14.0. The number of hydrogen-bond donors (Lipinski definition) is 2.